The van der Waals surface area contributed by atoms with Crippen LogP contribution in [0.4, 0.5) is 0 Å². The number of pyridine rings is 1. The van der Waals surface area contributed by atoms with Gasteiger partial charge in [0, 0.05) is 12.7 Å². The van der Waals surface area contributed by atoms with Crippen LogP contribution in [0.1, 0.15) is 33.4 Å². The van der Waals surface area contributed by atoms with E-state index >= 15 is 0 Å². The molecule has 0 saturated heterocycles. The van der Waals surface area contributed by atoms with Crippen LogP contribution in [0.25, 0.3) is 0 Å². The first kappa shape index (κ1) is 26.0. The average molecular weight is 421 g/mol. The quantitative estimate of drug-likeness (QED) is 0.261. The molecule has 1 N–H and O–H groups in total. The van der Waals surface area contributed by atoms with Gasteiger partial charge >= 0.3 is 27.0 Å². The molecule has 1 aromatic rings. The first-order chi connectivity index (χ1) is 10.1. The van der Waals surface area contributed by atoms with Gasteiger partial charge < -0.3 is 10.1 Å². The van der Waals surface area contributed by atoms with Crippen molar-refractivity contribution < 1.29 is 22.1 Å². The van der Waals surface area contributed by atoms with E-state index in [2.05, 4.69) is 63.7 Å². The fourth-order valence-corrected chi connectivity index (χ4v) is 1.03. The zero-order chi connectivity index (χ0) is 17.1. The van der Waals surface area contributed by atoms with Gasteiger partial charge in [-0.25, -0.2) is 0 Å². The second kappa shape index (κ2) is 22.4. The third-order valence-corrected chi connectivity index (χ3v) is 2.98. The van der Waals surface area contributed by atoms with Crippen molar-refractivity contribution in [3.63, 3.8) is 0 Å². The Morgan fingerprint density at radius 2 is 1.76 bits per heavy atom. The van der Waals surface area contributed by atoms with E-state index in [1.807, 2.05) is 24.4 Å². The molecular formula is C15H29ClN2OPRu+. The minimum absolute atomic E-state index is 0.852. The van der Waals surface area contributed by atoms with Crippen molar-refractivity contribution in [1.82, 2.24) is 10.3 Å². The molecule has 1 heterocycles. The van der Waals surface area contributed by atoms with Crippen LogP contribution in [0.3, 0.4) is 0 Å². The molecule has 0 aliphatic rings. The molecule has 0 bridgehead atoms. The molecule has 0 aliphatic heterocycles. The van der Waals surface area contributed by atoms with Crippen molar-refractivity contribution in [1.29, 1.82) is 0 Å². The normalized spacial score (nSPS) is 8.81. The Hall–Kier alpha value is 0.123. The third-order valence-electron chi connectivity index (χ3n) is 2.69. The molecule has 21 heavy (non-hydrogen) atoms. The SMILES string of the molecule is CC(C)C(C)C.PCCNCc1ccccn1.[CH-]=O.[Cl][RuH+2]. The van der Waals surface area contributed by atoms with Crippen LogP contribution in [0.15, 0.2) is 24.4 Å². The fraction of sp³-hybridized carbons (Fsp3) is 0.600. The van der Waals surface area contributed by atoms with E-state index in [0.717, 1.165) is 36.8 Å². The summed E-state index contributed by atoms with van der Waals surface area (Å²) >= 11 is 1.62. The number of aromatic nitrogens is 1. The van der Waals surface area contributed by atoms with Crippen molar-refractivity contribution >= 4 is 25.7 Å². The van der Waals surface area contributed by atoms with E-state index in [1.54, 1.807) is 17.3 Å². The van der Waals surface area contributed by atoms with Crippen molar-refractivity contribution in [3.05, 3.63) is 30.1 Å². The maximum absolute atomic E-state index is 7.75. The van der Waals surface area contributed by atoms with Gasteiger partial charge in [0.25, 0.3) is 0 Å². The van der Waals surface area contributed by atoms with Crippen LogP contribution in [-0.4, -0.2) is 24.5 Å². The van der Waals surface area contributed by atoms with Gasteiger partial charge in [0.05, 0.1) is 5.69 Å². The van der Waals surface area contributed by atoms with Gasteiger partial charge in [-0.15, -0.1) is 9.24 Å². The van der Waals surface area contributed by atoms with Crippen molar-refractivity contribution in [2.24, 2.45) is 11.8 Å². The van der Waals surface area contributed by atoms with Crippen LogP contribution in [-0.2, 0) is 28.7 Å². The van der Waals surface area contributed by atoms with Gasteiger partial charge in [-0.05, 0) is 36.7 Å². The van der Waals surface area contributed by atoms with Crippen LogP contribution in [0.5, 0.6) is 0 Å². The number of hydrogen-bond acceptors (Lipinski definition) is 3. The summed E-state index contributed by atoms with van der Waals surface area (Å²) in [4.78, 5) is 11.9. The molecular weight excluding hydrogens is 392 g/mol. The zero-order valence-electron chi connectivity index (χ0n) is 13.4. The van der Waals surface area contributed by atoms with Crippen molar-refractivity contribution in [2.45, 2.75) is 34.2 Å². The monoisotopic (exact) mass is 421 g/mol. The summed E-state index contributed by atoms with van der Waals surface area (Å²) < 4.78 is 0. The minimum atomic E-state index is 0.852. The third kappa shape index (κ3) is 22.5. The summed E-state index contributed by atoms with van der Waals surface area (Å²) in [6, 6.07) is 5.96. The predicted molar refractivity (Wildman–Crippen MR) is 94.2 cm³/mol. The molecule has 0 amide bonds. The molecule has 124 valence electrons. The Bertz CT molecular complexity index is 284. The van der Waals surface area contributed by atoms with Gasteiger partial charge in [-0.1, -0.05) is 33.8 Å². The second-order valence-corrected chi connectivity index (χ2v) is 5.35. The second-order valence-electron chi connectivity index (χ2n) is 4.77. The molecule has 1 aromatic heterocycles. The van der Waals surface area contributed by atoms with E-state index in [9.17, 15) is 0 Å². The molecule has 1 atom stereocenters. The first-order valence-corrected chi connectivity index (χ1v) is 9.97. The van der Waals surface area contributed by atoms with Crippen LogP contribution < -0.4 is 5.32 Å². The number of nitrogens with one attached hydrogen (secondary N) is 1. The number of nitrogens with zero attached hydrogens (tertiary/aromatic N) is 1. The van der Waals surface area contributed by atoms with E-state index in [1.165, 1.54) is 0 Å². The number of hydrogen-bond donors (Lipinski definition) is 1. The van der Waals surface area contributed by atoms with E-state index in [-0.39, 0.29) is 0 Å². The Morgan fingerprint density at radius 3 is 2.10 bits per heavy atom. The topological polar surface area (TPSA) is 42.0 Å². The molecule has 0 aromatic carbocycles. The van der Waals surface area contributed by atoms with Crippen molar-refractivity contribution in [3.8, 4) is 0 Å². The van der Waals surface area contributed by atoms with Gasteiger partial charge in [-0.3, -0.25) is 11.8 Å². The van der Waals surface area contributed by atoms with E-state index < -0.39 is 0 Å². The van der Waals surface area contributed by atoms with E-state index in [4.69, 9.17) is 4.79 Å². The molecule has 0 aliphatic carbocycles. The molecule has 1 rings (SSSR count). The fourth-order valence-electron chi connectivity index (χ4n) is 0.821. The summed E-state index contributed by atoms with van der Waals surface area (Å²) in [6.07, 6.45) is 2.91. The Labute approximate surface area is 147 Å². The molecule has 0 saturated carbocycles. The number of carbonyl (C=O) groups excluding carboxylic acids is 1. The zero-order valence-corrected chi connectivity index (χ0v) is 17.1. The molecule has 0 spiro atoms. The van der Waals surface area contributed by atoms with Crippen LogP contribution in [0, 0.1) is 11.8 Å². The Balaban J connectivity index is -0.000000277. The van der Waals surface area contributed by atoms with Gasteiger partial charge in [-0.2, -0.15) is 0 Å². The van der Waals surface area contributed by atoms with Crippen molar-refractivity contribution in [2.75, 3.05) is 12.7 Å². The molecule has 0 fully saturated rings. The Kier molecular flexibility index (Phi) is 27.8. The van der Waals surface area contributed by atoms with Gasteiger partial charge in [0.2, 0.25) is 0 Å². The van der Waals surface area contributed by atoms with Gasteiger partial charge in [0.15, 0.2) is 0 Å². The molecule has 0 radical (unpaired) electrons. The number of halogens is 1. The van der Waals surface area contributed by atoms with E-state index in [0.29, 0.717) is 0 Å². The summed E-state index contributed by atoms with van der Waals surface area (Å²) in [7, 11) is 7.29. The summed E-state index contributed by atoms with van der Waals surface area (Å²) in [6.45, 7) is 14.1. The average Bonchev–Trinajstić information content (AvgIpc) is 2.53. The number of rotatable bonds is 5. The molecule has 6 heteroatoms. The first-order valence-electron chi connectivity index (χ1n) is 6.76. The molecule has 3 nitrogen and oxygen atoms in total. The van der Waals surface area contributed by atoms with Gasteiger partial charge in [0.1, 0.15) is 0 Å². The maximum atomic E-state index is 7.75. The summed E-state index contributed by atoms with van der Waals surface area (Å²) in [5.74, 6) is 1.70. The molecule has 1 unspecified atom stereocenters. The summed E-state index contributed by atoms with van der Waals surface area (Å²) in [5, 5.41) is 3.27. The predicted octanol–water partition coefficient (Wildman–Crippen LogP) is 3.49. The summed E-state index contributed by atoms with van der Waals surface area (Å²) in [5.41, 5.74) is 1.10. The Morgan fingerprint density at radius 1 is 1.24 bits per heavy atom. The standard InChI is InChI=1S/C8H13N2P.C6H14.CHO.ClH.Ru.H/c11-6-5-9-7-8-3-1-2-4-10-8;1-5(2)6(3)4;1-2;;;/h1-4,9H,5-7,11H2;5-6H,1-4H3;1H;1H;;/q;;-1;;+3;/p-1. The van der Waals surface area contributed by atoms with Crippen LogP contribution >= 0.6 is 18.9 Å². The van der Waals surface area contributed by atoms with Crippen LogP contribution in [0.2, 0.25) is 0 Å².